The molecule has 0 fully saturated rings. The van der Waals surface area contributed by atoms with Crippen LogP contribution >= 0.6 is 15.9 Å². The first kappa shape index (κ1) is 19.1. The summed E-state index contributed by atoms with van der Waals surface area (Å²) in [6.45, 7) is 5.74. The van der Waals surface area contributed by atoms with Crippen molar-refractivity contribution in [3.63, 3.8) is 0 Å². The van der Waals surface area contributed by atoms with Gasteiger partial charge in [-0.15, -0.1) is 0 Å². The van der Waals surface area contributed by atoms with Crippen LogP contribution in [0.5, 0.6) is 5.75 Å². The van der Waals surface area contributed by atoms with E-state index < -0.39 is 11.9 Å². The number of H-pyrrole nitrogens is 1. The maximum Gasteiger partial charge on any atom is 0.355 e. The van der Waals surface area contributed by atoms with Crippen LogP contribution in [-0.4, -0.2) is 36.7 Å². The van der Waals surface area contributed by atoms with Gasteiger partial charge in [-0.1, -0.05) is 15.9 Å². The summed E-state index contributed by atoms with van der Waals surface area (Å²) in [4.78, 5) is 27.0. The number of benzene rings is 1. The summed E-state index contributed by atoms with van der Waals surface area (Å²) in [6.07, 6.45) is 0. The van der Waals surface area contributed by atoms with Gasteiger partial charge in [0.25, 0.3) is 0 Å². The first-order valence-electron chi connectivity index (χ1n) is 7.85. The maximum absolute atomic E-state index is 12.2. The van der Waals surface area contributed by atoms with Crippen molar-refractivity contribution in [2.75, 3.05) is 19.8 Å². The smallest absolute Gasteiger partial charge is 0.355 e. The van der Waals surface area contributed by atoms with Crippen molar-refractivity contribution in [3.8, 4) is 5.75 Å². The highest BCUT2D eigenvalue weighted by Gasteiger charge is 2.23. The van der Waals surface area contributed by atoms with Crippen molar-refractivity contribution >= 4 is 27.9 Å². The molecule has 1 aromatic heterocycles. The number of esters is 2. The Morgan fingerprint density at radius 2 is 1.72 bits per heavy atom. The van der Waals surface area contributed by atoms with Gasteiger partial charge in [0.1, 0.15) is 24.7 Å². The molecule has 1 N–H and O–H groups in total. The van der Waals surface area contributed by atoms with Gasteiger partial charge in [0.05, 0.1) is 12.2 Å². The second kappa shape index (κ2) is 8.71. The molecule has 25 heavy (non-hydrogen) atoms. The number of rotatable bonds is 7. The van der Waals surface area contributed by atoms with Crippen LogP contribution in [0.25, 0.3) is 0 Å². The Bertz CT molecular complexity index is 752. The number of aromatic amines is 1. The maximum atomic E-state index is 12.2. The van der Waals surface area contributed by atoms with Gasteiger partial charge < -0.3 is 19.2 Å². The lowest BCUT2D eigenvalue weighted by molar-refractivity contribution is 0.0443. The molecule has 7 heteroatoms. The number of hydrogen-bond acceptors (Lipinski definition) is 5. The summed E-state index contributed by atoms with van der Waals surface area (Å²) in [6, 6.07) is 7.36. The molecule has 1 aromatic carbocycles. The lowest BCUT2D eigenvalue weighted by Gasteiger charge is -2.07. The van der Waals surface area contributed by atoms with E-state index in [-0.39, 0.29) is 25.5 Å². The Balaban J connectivity index is 1.91. The van der Waals surface area contributed by atoms with Gasteiger partial charge >= 0.3 is 11.9 Å². The average Bonchev–Trinajstić information content (AvgIpc) is 2.88. The molecule has 0 aliphatic heterocycles. The van der Waals surface area contributed by atoms with Crippen LogP contribution in [0.1, 0.15) is 39.0 Å². The molecule has 1 heterocycles. The molecule has 0 aliphatic carbocycles. The van der Waals surface area contributed by atoms with E-state index in [1.807, 2.05) is 24.3 Å². The molecule has 0 spiro atoms. The summed E-state index contributed by atoms with van der Waals surface area (Å²) >= 11 is 3.35. The van der Waals surface area contributed by atoms with Crippen molar-refractivity contribution in [2.24, 2.45) is 0 Å². The number of carbonyl (C=O) groups excluding carboxylic acids is 2. The lowest BCUT2D eigenvalue weighted by atomic mass is 10.1. The summed E-state index contributed by atoms with van der Waals surface area (Å²) in [5.41, 5.74) is 1.73. The van der Waals surface area contributed by atoms with Gasteiger partial charge in [0, 0.05) is 10.2 Å². The summed E-state index contributed by atoms with van der Waals surface area (Å²) in [7, 11) is 0. The van der Waals surface area contributed by atoms with Gasteiger partial charge in [-0.25, -0.2) is 9.59 Å². The van der Waals surface area contributed by atoms with E-state index >= 15 is 0 Å². The van der Waals surface area contributed by atoms with Crippen LogP contribution in [0, 0.1) is 13.8 Å². The van der Waals surface area contributed by atoms with E-state index in [0.29, 0.717) is 22.6 Å². The molecule has 2 aromatic rings. The number of nitrogens with one attached hydrogen (secondary N) is 1. The molecule has 134 valence electrons. The van der Waals surface area contributed by atoms with Crippen LogP contribution in [-0.2, 0) is 9.47 Å². The topological polar surface area (TPSA) is 77.6 Å². The van der Waals surface area contributed by atoms with E-state index in [1.54, 1.807) is 20.8 Å². The van der Waals surface area contributed by atoms with Gasteiger partial charge in [-0.3, -0.25) is 0 Å². The van der Waals surface area contributed by atoms with Crippen LogP contribution in [0.15, 0.2) is 28.7 Å². The Morgan fingerprint density at radius 3 is 2.36 bits per heavy atom. The highest BCUT2D eigenvalue weighted by Crippen LogP contribution is 2.20. The molecule has 0 saturated heterocycles. The van der Waals surface area contributed by atoms with Crippen LogP contribution in [0.2, 0.25) is 0 Å². The average molecular weight is 410 g/mol. The molecule has 0 atom stereocenters. The standard InChI is InChI=1S/C18H20BrNO5/c1-4-23-17(21)15-11(2)16(20-12(15)3)18(22)25-10-9-24-14-7-5-13(19)6-8-14/h5-8,20H,4,9-10H2,1-3H3. The van der Waals surface area contributed by atoms with E-state index in [4.69, 9.17) is 14.2 Å². The molecule has 0 amide bonds. The summed E-state index contributed by atoms with van der Waals surface area (Å²) in [5, 5.41) is 0. The number of aromatic nitrogens is 1. The zero-order valence-corrected chi connectivity index (χ0v) is 15.9. The fourth-order valence-electron chi connectivity index (χ4n) is 2.36. The molecular formula is C18H20BrNO5. The van der Waals surface area contributed by atoms with Crippen molar-refractivity contribution in [1.29, 1.82) is 0 Å². The zero-order valence-electron chi connectivity index (χ0n) is 14.3. The van der Waals surface area contributed by atoms with Crippen molar-refractivity contribution < 1.29 is 23.8 Å². The molecular weight excluding hydrogens is 390 g/mol. The third-order valence-electron chi connectivity index (χ3n) is 3.52. The number of ether oxygens (including phenoxy) is 3. The molecule has 0 aliphatic rings. The minimum absolute atomic E-state index is 0.0984. The second-order valence-electron chi connectivity index (χ2n) is 5.28. The normalized spacial score (nSPS) is 10.4. The van der Waals surface area contributed by atoms with Gasteiger partial charge in [0.15, 0.2) is 0 Å². The number of hydrogen-bond donors (Lipinski definition) is 1. The number of halogens is 1. The number of aryl methyl sites for hydroxylation is 1. The number of carbonyl (C=O) groups is 2. The van der Waals surface area contributed by atoms with E-state index in [1.165, 1.54) is 0 Å². The van der Waals surface area contributed by atoms with Gasteiger partial charge in [0.2, 0.25) is 0 Å². The lowest BCUT2D eigenvalue weighted by Crippen LogP contribution is -2.14. The fraction of sp³-hybridized carbons (Fsp3) is 0.333. The van der Waals surface area contributed by atoms with Crippen molar-refractivity contribution in [2.45, 2.75) is 20.8 Å². The minimum Gasteiger partial charge on any atom is -0.490 e. The third kappa shape index (κ3) is 4.85. The van der Waals surface area contributed by atoms with Gasteiger partial charge in [-0.2, -0.15) is 0 Å². The predicted molar refractivity (Wildman–Crippen MR) is 96.1 cm³/mol. The molecule has 0 saturated carbocycles. The molecule has 2 rings (SSSR count). The van der Waals surface area contributed by atoms with Crippen LogP contribution in [0.3, 0.4) is 0 Å². The molecule has 6 nitrogen and oxygen atoms in total. The Kier molecular flexibility index (Phi) is 6.64. The van der Waals surface area contributed by atoms with E-state index in [2.05, 4.69) is 20.9 Å². The summed E-state index contributed by atoms with van der Waals surface area (Å²) < 4.78 is 16.7. The van der Waals surface area contributed by atoms with Gasteiger partial charge in [-0.05, 0) is 50.6 Å². The van der Waals surface area contributed by atoms with Crippen molar-refractivity contribution in [3.05, 3.63) is 51.3 Å². The van der Waals surface area contributed by atoms with Crippen LogP contribution in [0.4, 0.5) is 0 Å². The Labute approximate surface area is 154 Å². The van der Waals surface area contributed by atoms with Crippen LogP contribution < -0.4 is 4.74 Å². The first-order chi connectivity index (χ1) is 11.9. The fourth-order valence-corrected chi connectivity index (χ4v) is 2.62. The highest BCUT2D eigenvalue weighted by molar-refractivity contribution is 9.10. The monoisotopic (exact) mass is 409 g/mol. The van der Waals surface area contributed by atoms with E-state index in [0.717, 1.165) is 4.47 Å². The first-order valence-corrected chi connectivity index (χ1v) is 8.65. The minimum atomic E-state index is -0.532. The quantitative estimate of drug-likeness (QED) is 0.555. The Morgan fingerprint density at radius 1 is 1.04 bits per heavy atom. The summed E-state index contributed by atoms with van der Waals surface area (Å²) in [5.74, 6) is -0.294. The zero-order chi connectivity index (χ0) is 18.4. The van der Waals surface area contributed by atoms with E-state index in [9.17, 15) is 9.59 Å². The predicted octanol–water partition coefficient (Wildman–Crippen LogP) is 3.81. The Hall–Kier alpha value is -2.28. The molecule has 0 radical (unpaired) electrons. The molecule has 0 bridgehead atoms. The molecule has 0 unspecified atom stereocenters. The third-order valence-corrected chi connectivity index (χ3v) is 4.05. The highest BCUT2D eigenvalue weighted by atomic mass is 79.9. The SMILES string of the molecule is CCOC(=O)c1c(C)[nH]c(C(=O)OCCOc2ccc(Br)cc2)c1C. The largest absolute Gasteiger partial charge is 0.490 e. The van der Waals surface area contributed by atoms with Crippen molar-refractivity contribution in [1.82, 2.24) is 4.98 Å². The second-order valence-corrected chi connectivity index (χ2v) is 6.20.